The molecule has 1 atom stereocenters. The first-order valence-electron chi connectivity index (χ1n) is 19.2. The van der Waals surface area contributed by atoms with E-state index in [2.05, 4.69) is 30.1 Å². The third-order valence-electron chi connectivity index (χ3n) is 9.57. The van der Waals surface area contributed by atoms with Crippen LogP contribution in [0.15, 0.2) is 114 Å². The Balaban J connectivity index is 1.05. The van der Waals surface area contributed by atoms with Crippen molar-refractivity contribution in [3.05, 3.63) is 143 Å². The zero-order valence-electron chi connectivity index (χ0n) is 35.1. The largest absolute Gasteiger partial charge is 0.375 e. The number of aromatic nitrogens is 5. The van der Waals surface area contributed by atoms with Gasteiger partial charge >= 0.3 is 0 Å². The lowest BCUT2D eigenvalue weighted by atomic mass is 9.91. The Kier molecular flexibility index (Phi) is 12.0. The average Bonchev–Trinajstić information content (AvgIpc) is 3.90. The van der Waals surface area contributed by atoms with Crippen LogP contribution in [0.3, 0.4) is 0 Å². The zero-order chi connectivity index (χ0) is 46.5. The lowest BCUT2D eigenvalue weighted by Crippen LogP contribution is -2.20. The van der Waals surface area contributed by atoms with E-state index in [1.54, 1.807) is 45.9 Å². The maximum Gasteiger partial charge on any atom is 0.296 e. The Morgan fingerprint density at radius 3 is 2.22 bits per heavy atom. The van der Waals surface area contributed by atoms with Gasteiger partial charge in [0, 0.05) is 40.3 Å². The summed E-state index contributed by atoms with van der Waals surface area (Å²) in [7, 11) is -4.25. The maximum atomic E-state index is 13.6. The summed E-state index contributed by atoms with van der Waals surface area (Å²) in [5.41, 5.74) is 0.483. The van der Waals surface area contributed by atoms with Gasteiger partial charge in [-0.15, -0.1) is 15.0 Å². The van der Waals surface area contributed by atoms with Gasteiger partial charge in [0.15, 0.2) is 28.3 Å². The van der Waals surface area contributed by atoms with Gasteiger partial charge in [0.25, 0.3) is 27.0 Å². The summed E-state index contributed by atoms with van der Waals surface area (Å²) < 4.78 is 56.4. The molecule has 2 N–H and O–H groups in total. The first kappa shape index (κ1) is 45.2. The molecule has 23 heteroatoms. The normalized spacial score (nSPS) is 12.9. The summed E-state index contributed by atoms with van der Waals surface area (Å²) in [5.74, 6) is 0.480. The second-order valence-electron chi connectivity index (χ2n) is 16.5. The minimum absolute atomic E-state index is 0.0201. The number of non-ortho nitro benzene ring substituents is 1. The van der Waals surface area contributed by atoms with Crippen LogP contribution >= 0.6 is 11.6 Å². The van der Waals surface area contributed by atoms with Crippen molar-refractivity contribution in [2.45, 2.75) is 75.7 Å². The van der Waals surface area contributed by atoms with Crippen molar-refractivity contribution in [2.75, 3.05) is 4.72 Å². The minimum Gasteiger partial charge on any atom is -0.375 e. The van der Waals surface area contributed by atoms with Crippen molar-refractivity contribution in [1.82, 2.24) is 24.6 Å². The number of rotatable bonds is 13. The van der Waals surface area contributed by atoms with Crippen molar-refractivity contribution in [1.29, 1.82) is 0 Å². The molecule has 0 radical (unpaired) electrons. The second kappa shape index (κ2) is 17.0. The van der Waals surface area contributed by atoms with Crippen molar-refractivity contribution in [3.63, 3.8) is 0 Å². The molecule has 0 aliphatic carbocycles. The lowest BCUT2D eigenvalue weighted by molar-refractivity contribution is -0.385. The van der Waals surface area contributed by atoms with Gasteiger partial charge in [0.2, 0.25) is 5.65 Å². The summed E-state index contributed by atoms with van der Waals surface area (Å²) in [5, 5.41) is 39.2. The number of aromatic amines is 1. The molecule has 0 fully saturated rings. The molecule has 332 valence electrons. The van der Waals surface area contributed by atoms with Crippen molar-refractivity contribution < 1.29 is 31.2 Å². The number of hydrogen-bond acceptors (Lipinski definition) is 14. The van der Waals surface area contributed by atoms with Crippen LogP contribution in [0.25, 0.3) is 22.7 Å². The molecule has 7 rings (SSSR count). The van der Waals surface area contributed by atoms with Crippen LogP contribution in [-0.4, -0.2) is 47.0 Å². The van der Waals surface area contributed by atoms with E-state index in [4.69, 9.17) is 20.3 Å². The summed E-state index contributed by atoms with van der Waals surface area (Å²) in [6.07, 6.45) is 0. The van der Waals surface area contributed by atoms with E-state index >= 15 is 0 Å². The van der Waals surface area contributed by atoms with E-state index in [1.807, 2.05) is 20.8 Å². The Hall–Kier alpha value is -6.88. The summed E-state index contributed by atoms with van der Waals surface area (Å²) >= 11 is 4.36. The molecule has 0 saturated heterocycles. The second-order valence-corrected chi connectivity index (χ2v) is 19.7. The van der Waals surface area contributed by atoms with Gasteiger partial charge in [0.1, 0.15) is 10.7 Å². The fraction of sp³-hybridized carbons (Fsp3) is 0.244. The third-order valence-corrected chi connectivity index (χ3v) is 12.4. The number of nitrogens with one attached hydrogen (secondary N) is 2. The highest BCUT2D eigenvalue weighted by molar-refractivity contribution is 7.92. The minimum atomic E-state index is -4.25. The Morgan fingerprint density at radius 1 is 0.922 bits per heavy atom. The predicted molar refractivity (Wildman–Crippen MR) is 237 cm³/mol. The molecular weight excluding hydrogens is 892 g/mol. The van der Waals surface area contributed by atoms with E-state index in [9.17, 15) is 37.6 Å². The van der Waals surface area contributed by atoms with Crippen LogP contribution < -0.4 is 10.3 Å². The highest BCUT2D eigenvalue weighted by Gasteiger charge is 2.31. The monoisotopic (exact) mass is 930 g/mol. The van der Waals surface area contributed by atoms with Gasteiger partial charge < -0.3 is 4.52 Å². The van der Waals surface area contributed by atoms with Gasteiger partial charge in [-0.25, -0.2) is 17.6 Å². The smallest absolute Gasteiger partial charge is 0.296 e. The molecule has 3 heterocycles. The standard InChI is InChI=1S/C41H39ClN10O10S2/c1-23-8-18-31(32(20-23)52(56)57)49-39(53)29(36(62-49)41(5,6)7)22-61-63(58)28-16-11-25(12-17-28)48-64(59,60)33-19-13-26(21-30(33)42)44-45-34-35(40(2,3)4)46-50-38(34)43-37(47-50)24-9-14-27(15-10-24)51(54)55/h8-21,46,48H,22H2,1-7H3. The zero-order valence-corrected chi connectivity index (χ0v) is 37.5. The van der Waals surface area contributed by atoms with Gasteiger partial charge in [-0.1, -0.05) is 59.2 Å². The number of anilines is 1. The predicted octanol–water partition coefficient (Wildman–Crippen LogP) is 9.30. The lowest BCUT2D eigenvalue weighted by Gasteiger charge is -2.16. The number of hydrogen-bond donors (Lipinski definition) is 2. The number of H-pyrrole nitrogens is 1. The van der Waals surface area contributed by atoms with Crippen LogP contribution in [0, 0.1) is 27.2 Å². The van der Waals surface area contributed by atoms with Crippen LogP contribution in [0.2, 0.25) is 5.02 Å². The third kappa shape index (κ3) is 9.25. The highest BCUT2D eigenvalue weighted by atomic mass is 35.5. The first-order valence-corrected chi connectivity index (χ1v) is 22.1. The van der Waals surface area contributed by atoms with Crippen molar-refractivity contribution in [2.24, 2.45) is 10.2 Å². The maximum absolute atomic E-state index is 13.6. The van der Waals surface area contributed by atoms with Gasteiger partial charge in [-0.05, 0) is 73.2 Å². The highest BCUT2D eigenvalue weighted by Crippen LogP contribution is 2.37. The van der Waals surface area contributed by atoms with Crippen molar-refractivity contribution in [3.8, 4) is 17.1 Å². The van der Waals surface area contributed by atoms with Gasteiger partial charge in [-0.2, -0.15) is 9.74 Å². The van der Waals surface area contributed by atoms with E-state index in [1.165, 1.54) is 71.4 Å². The number of azo groups is 1. The van der Waals surface area contributed by atoms with E-state index in [-0.39, 0.29) is 54.6 Å². The Morgan fingerprint density at radius 2 is 1.61 bits per heavy atom. The fourth-order valence-electron chi connectivity index (χ4n) is 6.42. The topological polar surface area (TPSA) is 265 Å². The average molecular weight is 931 g/mol. The number of nitro groups is 2. The molecule has 0 aliphatic heterocycles. The molecule has 0 spiro atoms. The Bertz CT molecular complexity index is 3200. The number of aryl methyl sites for hydroxylation is 1. The SMILES string of the molecule is Cc1ccc(-n2oc(C(C)(C)C)c(COS(=O)c3ccc(NS(=O)(=O)c4ccc(N=Nc5c(C(C)(C)C)[nH]n6nc(-c7ccc([N+](=O)[O-])cc7)nc56)cc4Cl)cc3)c2=O)c([N+](=O)[O-])c1. The van der Waals surface area contributed by atoms with Crippen LogP contribution in [0.4, 0.5) is 28.4 Å². The number of sulfonamides is 1. The van der Waals surface area contributed by atoms with Crippen LogP contribution in [-0.2, 0) is 42.7 Å². The number of nitrogens with zero attached hydrogens (tertiary/aromatic N) is 8. The Labute approximate surface area is 371 Å². The molecule has 0 amide bonds. The number of benzene rings is 4. The first-order chi connectivity index (χ1) is 30.0. The van der Waals surface area contributed by atoms with Crippen LogP contribution in [0.1, 0.15) is 64.1 Å². The van der Waals surface area contributed by atoms with Crippen LogP contribution in [0.5, 0.6) is 0 Å². The van der Waals surface area contributed by atoms with E-state index in [0.717, 1.165) is 4.74 Å². The number of nitro benzene ring substituents is 2. The van der Waals surface area contributed by atoms with Crippen molar-refractivity contribution >= 4 is 66.8 Å². The fourth-order valence-corrected chi connectivity index (χ4v) is 8.74. The molecule has 4 aromatic carbocycles. The molecule has 20 nitrogen and oxygen atoms in total. The molecule has 1 unspecified atom stereocenters. The van der Waals surface area contributed by atoms with Gasteiger partial charge in [-0.3, -0.25) is 39.0 Å². The molecule has 64 heavy (non-hydrogen) atoms. The molecule has 0 bridgehead atoms. The summed E-state index contributed by atoms with van der Waals surface area (Å²) in [6.45, 7) is 12.4. The van der Waals surface area contributed by atoms with E-state index in [0.29, 0.717) is 34.0 Å². The quantitative estimate of drug-likeness (QED) is 0.0622. The number of halogens is 1. The molecular formula is C41H39ClN10O10S2. The molecule has 3 aromatic heterocycles. The van der Waals surface area contributed by atoms with E-state index < -0.39 is 53.9 Å². The molecule has 0 aliphatic rings. The summed E-state index contributed by atoms with van der Waals surface area (Å²) in [4.78, 5) is 39.9. The molecule has 0 saturated carbocycles. The van der Waals surface area contributed by atoms with Gasteiger partial charge in [0.05, 0.1) is 43.3 Å². The summed E-state index contributed by atoms with van der Waals surface area (Å²) in [6, 6.07) is 19.6. The number of fused-ring (bicyclic) bond motifs is 1. The molecule has 7 aromatic rings.